The van der Waals surface area contributed by atoms with E-state index in [1.165, 1.54) is 5.57 Å². The van der Waals surface area contributed by atoms with Crippen LogP contribution in [0.1, 0.15) is 120 Å². The molecule has 0 radical (unpaired) electrons. The highest BCUT2D eigenvalue weighted by Gasteiger charge is 2.47. The third-order valence-corrected chi connectivity index (χ3v) is 21.9. The maximum atomic E-state index is 14.2. The summed E-state index contributed by atoms with van der Waals surface area (Å²) in [7, 11) is -3.95. The number of carbonyl (C=O) groups excluding carboxylic acids is 1. The van der Waals surface area contributed by atoms with E-state index in [0.29, 0.717) is 24.7 Å². The lowest BCUT2D eigenvalue weighted by molar-refractivity contribution is -0.163. The number of fused-ring (bicyclic) bond motifs is 1. The Morgan fingerprint density at radius 1 is 0.904 bits per heavy atom. The van der Waals surface area contributed by atoms with E-state index in [9.17, 15) is 4.79 Å². The predicted molar refractivity (Wildman–Crippen MR) is 220 cm³/mol. The second kappa shape index (κ2) is 16.6. The number of hydrogen-bond acceptors (Lipinski definition) is 6. The molecule has 3 aliphatic rings. The Morgan fingerprint density at radius 2 is 1.54 bits per heavy atom. The summed E-state index contributed by atoms with van der Waals surface area (Å²) in [4.78, 5) is 14.2. The van der Waals surface area contributed by atoms with E-state index in [4.69, 9.17) is 23.1 Å². The quantitative estimate of drug-likeness (QED) is 0.156. The summed E-state index contributed by atoms with van der Waals surface area (Å²) in [6.07, 6.45) is 11.4. The molecule has 1 aromatic carbocycles. The molecule has 8 atom stereocenters. The summed E-state index contributed by atoms with van der Waals surface area (Å²) >= 11 is 0. The van der Waals surface area contributed by atoms with Crippen LogP contribution in [0.3, 0.4) is 0 Å². The van der Waals surface area contributed by atoms with Gasteiger partial charge < -0.3 is 23.1 Å². The first-order valence-corrected chi connectivity index (χ1v) is 26.1. The smallest absolute Gasteiger partial charge is 0.347 e. The van der Waals surface area contributed by atoms with E-state index in [2.05, 4.69) is 120 Å². The van der Waals surface area contributed by atoms with Crippen molar-refractivity contribution in [2.45, 2.75) is 187 Å². The van der Waals surface area contributed by atoms with Crippen molar-refractivity contribution < 1.29 is 27.9 Å². The fourth-order valence-corrected chi connectivity index (χ4v) is 10.3. The number of hydrogen-bond donors (Lipinski definition) is 0. The van der Waals surface area contributed by atoms with Gasteiger partial charge >= 0.3 is 5.97 Å². The summed E-state index contributed by atoms with van der Waals surface area (Å²) in [5.74, 6) is 1.21. The molecule has 6 nitrogen and oxygen atoms in total. The van der Waals surface area contributed by atoms with Crippen LogP contribution in [0, 0.1) is 17.8 Å². The molecule has 1 heterocycles. The Kier molecular flexibility index (Phi) is 13.7. The number of rotatable bonds is 12. The van der Waals surface area contributed by atoms with Gasteiger partial charge in [0.05, 0.1) is 12.2 Å². The maximum absolute atomic E-state index is 14.2. The lowest BCUT2D eigenvalue weighted by atomic mass is 9.66. The van der Waals surface area contributed by atoms with Crippen LogP contribution in [-0.2, 0) is 28.5 Å². The molecule has 1 unspecified atom stereocenters. The largest absolute Gasteiger partial charge is 0.478 e. The van der Waals surface area contributed by atoms with Crippen LogP contribution in [-0.4, -0.2) is 59.7 Å². The molecular weight excluding hydrogens is 681 g/mol. The third-order valence-electron chi connectivity index (χ3n) is 12.9. The standard InChI is InChI=1S/C44H74O6Si2/c1-16-37(47-38-20-18-17-19-36(38)42(3,4)5)41(45)48-39-29-34(50-52(14,15)44(9,10)11)27-31-22-21-30(2)35(40(31)39)24-23-32-28-33(25-26-46-32)49-51(12,13)43(6,7)8/h17-22,27,30,32-35,37,39-40H,16,23-26,28-29H2,1-15H3/t30-,32+,33+,34+,35-,37?,39-,40-/m0/s1. The van der Waals surface area contributed by atoms with E-state index < -0.39 is 22.7 Å². The SMILES string of the molecule is CCC(Oc1ccccc1C(C)(C)C)C(=O)O[C@H]1C[C@H](O[Si](C)(C)C(C)(C)C)C=C2C=C[C@H](C)[C@H](CC[C@@H]3C[C@H](O[Si](C)(C)C(C)(C)C)CCO3)[C@H]21. The lowest BCUT2D eigenvalue weighted by Crippen LogP contribution is -2.49. The minimum absolute atomic E-state index is 0.0712. The topological polar surface area (TPSA) is 63.2 Å². The summed E-state index contributed by atoms with van der Waals surface area (Å²) in [5, 5.41) is 0.256. The molecule has 1 aliphatic heterocycles. The van der Waals surface area contributed by atoms with Crippen molar-refractivity contribution in [1.82, 2.24) is 0 Å². The average Bonchev–Trinajstić information content (AvgIpc) is 3.01. The van der Waals surface area contributed by atoms with Crippen LogP contribution < -0.4 is 4.74 Å². The van der Waals surface area contributed by atoms with Crippen molar-refractivity contribution in [3.05, 3.63) is 53.6 Å². The Balaban J connectivity index is 1.58. The maximum Gasteiger partial charge on any atom is 0.347 e. The number of ether oxygens (including phenoxy) is 3. The average molecular weight is 755 g/mol. The first-order valence-electron chi connectivity index (χ1n) is 20.3. The molecule has 0 aromatic heterocycles. The minimum atomic E-state index is -2.09. The number of para-hydroxylation sites is 1. The Bertz CT molecular complexity index is 1410. The molecule has 294 valence electrons. The fraction of sp³-hybridized carbons (Fsp3) is 0.750. The van der Waals surface area contributed by atoms with Crippen LogP contribution in [0.15, 0.2) is 48.1 Å². The minimum Gasteiger partial charge on any atom is -0.478 e. The van der Waals surface area contributed by atoms with Gasteiger partial charge in [-0.2, -0.15) is 0 Å². The first kappa shape index (κ1) is 43.0. The Labute approximate surface area is 320 Å². The molecule has 0 amide bonds. The van der Waals surface area contributed by atoms with E-state index in [1.54, 1.807) is 0 Å². The van der Waals surface area contributed by atoms with Gasteiger partial charge in [-0.3, -0.25) is 0 Å². The summed E-state index contributed by atoms with van der Waals surface area (Å²) < 4.78 is 33.4. The molecule has 1 fully saturated rings. The van der Waals surface area contributed by atoms with Crippen LogP contribution in [0.4, 0.5) is 0 Å². The van der Waals surface area contributed by atoms with Gasteiger partial charge in [-0.1, -0.05) is 113 Å². The van der Waals surface area contributed by atoms with Gasteiger partial charge in [-0.05, 0) is 103 Å². The molecule has 4 rings (SSSR count). The van der Waals surface area contributed by atoms with E-state index in [-0.39, 0.29) is 51.8 Å². The molecule has 0 N–H and O–H groups in total. The zero-order valence-corrected chi connectivity index (χ0v) is 37.6. The monoisotopic (exact) mass is 755 g/mol. The van der Waals surface area contributed by atoms with Gasteiger partial charge in [-0.15, -0.1) is 0 Å². The van der Waals surface area contributed by atoms with Gasteiger partial charge in [0, 0.05) is 25.0 Å². The van der Waals surface area contributed by atoms with Gasteiger partial charge in [0.25, 0.3) is 0 Å². The zero-order chi connectivity index (χ0) is 38.9. The third kappa shape index (κ3) is 10.5. The highest BCUT2D eigenvalue weighted by atomic mass is 28.4. The molecule has 1 saturated heterocycles. The summed E-state index contributed by atoms with van der Waals surface area (Å²) in [6, 6.07) is 8.07. The van der Waals surface area contributed by atoms with Crippen LogP contribution in [0.2, 0.25) is 36.3 Å². The fourth-order valence-electron chi connectivity index (χ4n) is 7.60. The van der Waals surface area contributed by atoms with Gasteiger partial charge in [-0.25, -0.2) is 4.79 Å². The van der Waals surface area contributed by atoms with Gasteiger partial charge in [0.1, 0.15) is 11.9 Å². The molecule has 1 aromatic rings. The molecule has 8 heteroatoms. The number of esters is 1. The highest BCUT2D eigenvalue weighted by molar-refractivity contribution is 6.74. The molecular formula is C44H74O6Si2. The zero-order valence-electron chi connectivity index (χ0n) is 35.6. The van der Waals surface area contributed by atoms with Gasteiger partial charge in [0.2, 0.25) is 0 Å². The Morgan fingerprint density at radius 3 is 2.15 bits per heavy atom. The van der Waals surface area contributed by atoms with Crippen molar-refractivity contribution in [3.63, 3.8) is 0 Å². The van der Waals surface area contributed by atoms with Crippen molar-refractivity contribution >= 4 is 22.6 Å². The molecule has 2 aliphatic carbocycles. The highest BCUT2D eigenvalue weighted by Crippen LogP contribution is 2.47. The second-order valence-electron chi connectivity index (χ2n) is 20.1. The van der Waals surface area contributed by atoms with Gasteiger partial charge in [0.15, 0.2) is 22.7 Å². The summed E-state index contributed by atoms with van der Waals surface area (Å²) in [6.45, 7) is 34.7. The summed E-state index contributed by atoms with van der Waals surface area (Å²) in [5.41, 5.74) is 2.21. The number of benzene rings is 1. The number of carbonyl (C=O) groups is 1. The normalized spacial score (nSPS) is 28.1. The molecule has 0 saturated carbocycles. The Hall–Kier alpha value is -1.72. The molecule has 0 spiro atoms. The second-order valence-corrected chi connectivity index (χ2v) is 29.6. The first-order chi connectivity index (χ1) is 23.9. The van der Waals surface area contributed by atoms with Crippen LogP contribution in [0.25, 0.3) is 0 Å². The molecule has 52 heavy (non-hydrogen) atoms. The predicted octanol–water partition coefficient (Wildman–Crippen LogP) is 11.6. The van der Waals surface area contributed by atoms with Crippen molar-refractivity contribution in [1.29, 1.82) is 0 Å². The number of allylic oxidation sites excluding steroid dienone is 2. The van der Waals surface area contributed by atoms with Crippen LogP contribution in [0.5, 0.6) is 5.75 Å². The van der Waals surface area contributed by atoms with Crippen molar-refractivity contribution in [3.8, 4) is 5.75 Å². The van der Waals surface area contributed by atoms with Crippen molar-refractivity contribution in [2.75, 3.05) is 6.61 Å². The van der Waals surface area contributed by atoms with E-state index in [0.717, 1.165) is 43.6 Å². The lowest BCUT2D eigenvalue weighted by Gasteiger charge is -2.46. The van der Waals surface area contributed by atoms with E-state index >= 15 is 0 Å². The van der Waals surface area contributed by atoms with Crippen molar-refractivity contribution in [2.24, 2.45) is 17.8 Å². The van der Waals surface area contributed by atoms with Crippen LogP contribution >= 0.6 is 0 Å². The molecule has 0 bridgehead atoms. The van der Waals surface area contributed by atoms with E-state index in [1.807, 2.05) is 25.1 Å².